The third-order valence-electron chi connectivity index (χ3n) is 4.11. The van der Waals surface area contributed by atoms with E-state index in [4.69, 9.17) is 0 Å². The van der Waals surface area contributed by atoms with Crippen molar-refractivity contribution in [2.45, 2.75) is 40.0 Å². The zero-order valence-corrected chi connectivity index (χ0v) is 12.6. The molecule has 20 heavy (non-hydrogen) atoms. The standard InChI is InChI=1S/C17H24N2O/c1-4-13(5-2)11-18-17(20)10-15-12(3)19-16-9-7-6-8-14(15)16/h6-9,13,19H,4-5,10-11H2,1-3H3,(H,18,20). The maximum Gasteiger partial charge on any atom is 0.224 e. The van der Waals surface area contributed by atoms with Gasteiger partial charge in [0.15, 0.2) is 0 Å². The molecule has 0 saturated carbocycles. The molecule has 1 heterocycles. The van der Waals surface area contributed by atoms with Crippen molar-refractivity contribution in [2.75, 3.05) is 6.54 Å². The number of para-hydroxylation sites is 1. The molecule has 0 aliphatic heterocycles. The SMILES string of the molecule is CCC(CC)CNC(=O)Cc1c(C)[nH]c2ccccc12. The first-order valence-electron chi connectivity index (χ1n) is 7.48. The number of carbonyl (C=O) groups is 1. The van der Waals surface area contributed by atoms with Crippen molar-refractivity contribution in [2.24, 2.45) is 5.92 Å². The second kappa shape index (κ2) is 6.60. The van der Waals surface area contributed by atoms with Crippen LogP contribution in [0.5, 0.6) is 0 Å². The molecule has 0 atom stereocenters. The van der Waals surface area contributed by atoms with Gasteiger partial charge in [-0.15, -0.1) is 0 Å². The lowest BCUT2D eigenvalue weighted by atomic mass is 10.0. The molecular weight excluding hydrogens is 248 g/mol. The van der Waals surface area contributed by atoms with Crippen LogP contribution < -0.4 is 5.32 Å². The zero-order valence-electron chi connectivity index (χ0n) is 12.6. The highest BCUT2D eigenvalue weighted by Gasteiger charge is 2.13. The van der Waals surface area contributed by atoms with Crippen LogP contribution in [0.25, 0.3) is 10.9 Å². The largest absolute Gasteiger partial charge is 0.358 e. The Kier molecular flexibility index (Phi) is 4.83. The number of aryl methyl sites for hydroxylation is 1. The quantitative estimate of drug-likeness (QED) is 0.829. The van der Waals surface area contributed by atoms with Crippen molar-refractivity contribution in [1.29, 1.82) is 0 Å². The van der Waals surface area contributed by atoms with Gasteiger partial charge in [0.1, 0.15) is 0 Å². The van der Waals surface area contributed by atoms with Crippen LogP contribution in [0.3, 0.4) is 0 Å². The van der Waals surface area contributed by atoms with E-state index in [1.807, 2.05) is 25.1 Å². The van der Waals surface area contributed by atoms with E-state index in [1.165, 1.54) is 0 Å². The van der Waals surface area contributed by atoms with Gasteiger partial charge in [-0.3, -0.25) is 4.79 Å². The van der Waals surface area contributed by atoms with Crippen LogP contribution in [0.4, 0.5) is 0 Å². The van der Waals surface area contributed by atoms with Gasteiger partial charge in [-0.25, -0.2) is 0 Å². The molecular formula is C17H24N2O. The Morgan fingerprint density at radius 2 is 1.95 bits per heavy atom. The Morgan fingerprint density at radius 3 is 2.65 bits per heavy atom. The summed E-state index contributed by atoms with van der Waals surface area (Å²) in [7, 11) is 0. The molecule has 2 rings (SSSR count). The Hall–Kier alpha value is -1.77. The molecule has 3 heteroatoms. The highest BCUT2D eigenvalue weighted by molar-refractivity contribution is 5.90. The molecule has 0 unspecified atom stereocenters. The number of rotatable bonds is 6. The van der Waals surface area contributed by atoms with Crippen molar-refractivity contribution in [3.8, 4) is 0 Å². The average Bonchev–Trinajstić information content (AvgIpc) is 2.76. The number of amides is 1. The highest BCUT2D eigenvalue weighted by Crippen LogP contribution is 2.22. The number of H-pyrrole nitrogens is 1. The van der Waals surface area contributed by atoms with E-state index in [1.54, 1.807) is 0 Å². The van der Waals surface area contributed by atoms with Crippen molar-refractivity contribution < 1.29 is 4.79 Å². The number of hydrogen-bond acceptors (Lipinski definition) is 1. The molecule has 0 aliphatic carbocycles. The Balaban J connectivity index is 2.04. The Morgan fingerprint density at radius 1 is 1.25 bits per heavy atom. The molecule has 0 fully saturated rings. The topological polar surface area (TPSA) is 44.9 Å². The fourth-order valence-electron chi connectivity index (χ4n) is 2.62. The van der Waals surface area contributed by atoms with E-state index in [0.717, 1.165) is 41.5 Å². The Bertz CT molecular complexity index is 582. The van der Waals surface area contributed by atoms with Gasteiger partial charge in [-0.1, -0.05) is 44.9 Å². The number of carbonyl (C=O) groups excluding carboxylic acids is 1. The first-order valence-corrected chi connectivity index (χ1v) is 7.48. The fraction of sp³-hybridized carbons (Fsp3) is 0.471. The molecule has 3 nitrogen and oxygen atoms in total. The molecule has 1 aromatic carbocycles. The molecule has 0 spiro atoms. The van der Waals surface area contributed by atoms with E-state index in [2.05, 4.69) is 30.2 Å². The summed E-state index contributed by atoms with van der Waals surface area (Å²) >= 11 is 0. The van der Waals surface area contributed by atoms with Gasteiger partial charge in [0.2, 0.25) is 5.91 Å². The number of benzene rings is 1. The third kappa shape index (κ3) is 3.21. The maximum absolute atomic E-state index is 12.1. The van der Waals surface area contributed by atoms with Gasteiger partial charge in [0, 0.05) is 23.1 Å². The monoisotopic (exact) mass is 272 g/mol. The molecule has 1 aromatic heterocycles. The summed E-state index contributed by atoms with van der Waals surface area (Å²) in [6.45, 7) is 7.16. The zero-order chi connectivity index (χ0) is 14.5. The molecule has 108 valence electrons. The highest BCUT2D eigenvalue weighted by atomic mass is 16.1. The van der Waals surface area contributed by atoms with Gasteiger partial charge in [-0.05, 0) is 24.5 Å². The summed E-state index contributed by atoms with van der Waals surface area (Å²) < 4.78 is 0. The van der Waals surface area contributed by atoms with Gasteiger partial charge in [-0.2, -0.15) is 0 Å². The van der Waals surface area contributed by atoms with Crippen LogP contribution in [0, 0.1) is 12.8 Å². The normalized spacial score (nSPS) is 11.2. The summed E-state index contributed by atoms with van der Waals surface area (Å²) in [6.07, 6.45) is 2.68. The number of hydrogen-bond donors (Lipinski definition) is 2. The number of nitrogens with one attached hydrogen (secondary N) is 2. The summed E-state index contributed by atoms with van der Waals surface area (Å²) in [6, 6.07) is 8.15. The van der Waals surface area contributed by atoms with Gasteiger partial charge in [0.25, 0.3) is 0 Å². The first-order chi connectivity index (χ1) is 9.65. The minimum atomic E-state index is 0.116. The molecule has 2 N–H and O–H groups in total. The molecule has 2 aromatic rings. The van der Waals surface area contributed by atoms with E-state index in [9.17, 15) is 4.79 Å². The van der Waals surface area contributed by atoms with E-state index >= 15 is 0 Å². The summed E-state index contributed by atoms with van der Waals surface area (Å²) in [5.41, 5.74) is 3.30. The van der Waals surface area contributed by atoms with Gasteiger partial charge < -0.3 is 10.3 Å². The predicted octanol–water partition coefficient (Wildman–Crippen LogP) is 3.57. The van der Waals surface area contributed by atoms with Crippen LogP contribution in [-0.4, -0.2) is 17.4 Å². The molecule has 0 bridgehead atoms. The summed E-state index contributed by atoms with van der Waals surface area (Å²) in [4.78, 5) is 15.5. The first kappa shape index (κ1) is 14.6. The average molecular weight is 272 g/mol. The fourth-order valence-corrected chi connectivity index (χ4v) is 2.62. The molecule has 0 radical (unpaired) electrons. The second-order valence-electron chi connectivity index (χ2n) is 5.44. The van der Waals surface area contributed by atoms with E-state index in [-0.39, 0.29) is 5.91 Å². The van der Waals surface area contributed by atoms with Gasteiger partial charge in [0.05, 0.1) is 6.42 Å². The molecule has 0 aliphatic rings. The number of aromatic nitrogens is 1. The van der Waals surface area contributed by atoms with Crippen molar-refractivity contribution in [3.63, 3.8) is 0 Å². The lowest BCUT2D eigenvalue weighted by Gasteiger charge is -2.13. The van der Waals surface area contributed by atoms with Gasteiger partial charge >= 0.3 is 0 Å². The number of aromatic amines is 1. The predicted molar refractivity (Wildman–Crippen MR) is 83.8 cm³/mol. The van der Waals surface area contributed by atoms with Crippen LogP contribution >= 0.6 is 0 Å². The van der Waals surface area contributed by atoms with Crippen LogP contribution in [0.2, 0.25) is 0 Å². The molecule has 0 saturated heterocycles. The van der Waals surface area contributed by atoms with Crippen LogP contribution in [0.1, 0.15) is 37.9 Å². The minimum Gasteiger partial charge on any atom is -0.358 e. The van der Waals surface area contributed by atoms with E-state index < -0.39 is 0 Å². The molecule has 1 amide bonds. The summed E-state index contributed by atoms with van der Waals surface area (Å²) in [5, 5.41) is 4.22. The van der Waals surface area contributed by atoms with Crippen molar-refractivity contribution in [3.05, 3.63) is 35.5 Å². The maximum atomic E-state index is 12.1. The Labute approximate surface area is 120 Å². The summed E-state index contributed by atoms with van der Waals surface area (Å²) in [5.74, 6) is 0.702. The second-order valence-corrected chi connectivity index (χ2v) is 5.44. The smallest absolute Gasteiger partial charge is 0.224 e. The van der Waals surface area contributed by atoms with Crippen LogP contribution in [-0.2, 0) is 11.2 Å². The van der Waals surface area contributed by atoms with Crippen LogP contribution in [0.15, 0.2) is 24.3 Å². The van der Waals surface area contributed by atoms with E-state index in [0.29, 0.717) is 12.3 Å². The van der Waals surface area contributed by atoms with Crippen molar-refractivity contribution >= 4 is 16.8 Å². The lowest BCUT2D eigenvalue weighted by molar-refractivity contribution is -0.120. The minimum absolute atomic E-state index is 0.116. The third-order valence-corrected chi connectivity index (χ3v) is 4.11. The lowest BCUT2D eigenvalue weighted by Crippen LogP contribution is -2.30. The number of fused-ring (bicyclic) bond motifs is 1. The van der Waals surface area contributed by atoms with Crippen molar-refractivity contribution in [1.82, 2.24) is 10.3 Å².